The van der Waals surface area contributed by atoms with Gasteiger partial charge in [0.1, 0.15) is 18.0 Å². The highest BCUT2D eigenvalue weighted by atomic mass is 35.5. The van der Waals surface area contributed by atoms with E-state index in [2.05, 4.69) is 20.3 Å². The Balaban J connectivity index is 1.70. The molecule has 2 heterocycles. The number of rotatable bonds is 10. The van der Waals surface area contributed by atoms with Crippen LogP contribution in [0, 0.1) is 5.41 Å². The molecule has 33 heavy (non-hydrogen) atoms. The number of carbonyl (C=O) groups excluding carboxylic acids is 2. The maximum absolute atomic E-state index is 12.6. The molecule has 1 unspecified atom stereocenters. The number of anilines is 1. The lowest BCUT2D eigenvalue weighted by molar-refractivity contribution is -0.132. The lowest BCUT2D eigenvalue weighted by Crippen LogP contribution is -2.30. The van der Waals surface area contributed by atoms with Gasteiger partial charge in [-0.1, -0.05) is 62.7 Å². The number of nitrogens with zero attached hydrogens (tertiary/aromatic N) is 4. The normalized spacial score (nSPS) is 12.6. The quantitative estimate of drug-likeness (QED) is 0.443. The molecule has 1 aromatic carbocycles. The molecule has 0 saturated carbocycles. The van der Waals surface area contributed by atoms with E-state index in [9.17, 15) is 9.59 Å². The van der Waals surface area contributed by atoms with Crippen LogP contribution < -0.4 is 5.32 Å². The van der Waals surface area contributed by atoms with Gasteiger partial charge in [0.05, 0.1) is 25.6 Å². The number of imidazole rings is 1. The fourth-order valence-electron chi connectivity index (χ4n) is 2.99. The molecule has 3 aromatic rings. The first-order chi connectivity index (χ1) is 15.6. The molecule has 1 atom stereocenters. The summed E-state index contributed by atoms with van der Waals surface area (Å²) in [6.45, 7) is 7.74. The van der Waals surface area contributed by atoms with E-state index in [1.165, 1.54) is 13.3 Å². The van der Waals surface area contributed by atoms with Gasteiger partial charge in [0.2, 0.25) is 11.9 Å². The van der Waals surface area contributed by atoms with Crippen molar-refractivity contribution in [3.05, 3.63) is 47.4 Å². The van der Waals surface area contributed by atoms with Gasteiger partial charge < -0.3 is 14.0 Å². The van der Waals surface area contributed by atoms with Crippen molar-refractivity contribution in [1.29, 1.82) is 0 Å². The number of amides is 1. The summed E-state index contributed by atoms with van der Waals surface area (Å²) in [5.74, 6) is -0.156. The maximum atomic E-state index is 12.6. The molecule has 0 aliphatic carbocycles. The van der Waals surface area contributed by atoms with Gasteiger partial charge in [0.15, 0.2) is 10.8 Å². The minimum absolute atomic E-state index is 0.0765. The molecule has 0 bridgehead atoms. The van der Waals surface area contributed by atoms with E-state index in [0.717, 1.165) is 5.56 Å². The summed E-state index contributed by atoms with van der Waals surface area (Å²) in [6.07, 6.45) is 1.27. The summed E-state index contributed by atoms with van der Waals surface area (Å²) in [5.41, 5.74) is 1.35. The van der Waals surface area contributed by atoms with Gasteiger partial charge >= 0.3 is 0 Å². The average Bonchev–Trinajstić information content (AvgIpc) is 3.14. The SMILES string of the molecule is CC(=O)Nc1nc(Cl)c2c(ncn2COC(COCc2ccccc2)CC(=O)C(C)(C)C)n1. The summed E-state index contributed by atoms with van der Waals surface area (Å²) in [5, 5.41) is 2.62. The van der Waals surface area contributed by atoms with Gasteiger partial charge in [0, 0.05) is 18.8 Å². The van der Waals surface area contributed by atoms with Crippen LogP contribution in [0.4, 0.5) is 5.95 Å². The zero-order valence-corrected chi connectivity index (χ0v) is 19.9. The highest BCUT2D eigenvalue weighted by Crippen LogP contribution is 2.23. The van der Waals surface area contributed by atoms with Crippen LogP contribution in [-0.4, -0.2) is 43.9 Å². The fourth-order valence-corrected chi connectivity index (χ4v) is 3.27. The van der Waals surface area contributed by atoms with E-state index in [-0.39, 0.29) is 42.6 Å². The standard InChI is InChI=1S/C23H28ClN5O4/c1-15(30)26-22-27-20(24)19-21(28-22)25-13-29(19)14-33-17(10-18(31)23(2,3)4)12-32-11-16-8-6-5-7-9-16/h5-9,13,17H,10-12,14H2,1-4H3,(H,26,27,28,30). The smallest absolute Gasteiger partial charge is 0.233 e. The zero-order valence-electron chi connectivity index (χ0n) is 19.2. The number of carbonyl (C=O) groups is 2. The van der Waals surface area contributed by atoms with Crippen molar-refractivity contribution in [3.8, 4) is 0 Å². The number of nitrogens with one attached hydrogen (secondary N) is 1. The van der Waals surface area contributed by atoms with Crippen LogP contribution in [-0.2, 0) is 32.4 Å². The number of halogens is 1. The highest BCUT2D eigenvalue weighted by Gasteiger charge is 2.25. The van der Waals surface area contributed by atoms with Crippen molar-refractivity contribution in [2.45, 2.75) is 53.6 Å². The molecule has 0 spiro atoms. The lowest BCUT2D eigenvalue weighted by atomic mass is 9.88. The number of hydrogen-bond donors (Lipinski definition) is 1. The number of benzene rings is 1. The maximum Gasteiger partial charge on any atom is 0.233 e. The van der Waals surface area contributed by atoms with Gasteiger partial charge in [-0.25, -0.2) is 4.98 Å². The first-order valence-electron chi connectivity index (χ1n) is 10.6. The molecule has 10 heteroatoms. The van der Waals surface area contributed by atoms with Crippen LogP contribution in [0.1, 0.15) is 39.7 Å². The van der Waals surface area contributed by atoms with Crippen LogP contribution >= 0.6 is 11.6 Å². The fraction of sp³-hybridized carbons (Fsp3) is 0.435. The molecular weight excluding hydrogens is 446 g/mol. The zero-order chi connectivity index (χ0) is 24.0. The van der Waals surface area contributed by atoms with Gasteiger partial charge in [-0.3, -0.25) is 14.9 Å². The van der Waals surface area contributed by atoms with E-state index in [1.54, 1.807) is 4.57 Å². The molecular formula is C23H28ClN5O4. The van der Waals surface area contributed by atoms with Gasteiger partial charge in [-0.15, -0.1) is 0 Å². The predicted octanol–water partition coefficient (Wildman–Crippen LogP) is 4.00. The van der Waals surface area contributed by atoms with Crippen LogP contribution in [0.5, 0.6) is 0 Å². The number of Topliss-reactive ketones (excluding diaryl/α,β-unsaturated/α-hetero) is 1. The Morgan fingerprint density at radius 1 is 1.18 bits per heavy atom. The molecule has 3 rings (SSSR count). The van der Waals surface area contributed by atoms with Crippen LogP contribution in [0.25, 0.3) is 11.2 Å². The van der Waals surface area contributed by atoms with Crippen LogP contribution in [0.2, 0.25) is 5.15 Å². The number of ether oxygens (including phenoxy) is 2. The van der Waals surface area contributed by atoms with Crippen LogP contribution in [0.3, 0.4) is 0 Å². The number of fused-ring (bicyclic) bond motifs is 1. The molecule has 0 aliphatic rings. The summed E-state index contributed by atoms with van der Waals surface area (Å²) in [7, 11) is 0. The molecule has 0 aliphatic heterocycles. The Morgan fingerprint density at radius 3 is 2.58 bits per heavy atom. The minimum Gasteiger partial charge on any atom is -0.374 e. The molecule has 0 radical (unpaired) electrons. The number of hydrogen-bond acceptors (Lipinski definition) is 7. The Hall–Kier alpha value is -2.88. The third-order valence-electron chi connectivity index (χ3n) is 4.83. The van der Waals surface area contributed by atoms with Crippen molar-refractivity contribution in [3.63, 3.8) is 0 Å². The van der Waals surface area contributed by atoms with Crippen molar-refractivity contribution in [2.24, 2.45) is 5.41 Å². The third-order valence-corrected chi connectivity index (χ3v) is 5.10. The second-order valence-electron chi connectivity index (χ2n) is 8.70. The monoisotopic (exact) mass is 473 g/mol. The Morgan fingerprint density at radius 2 is 1.91 bits per heavy atom. The molecule has 0 saturated heterocycles. The van der Waals surface area contributed by atoms with Crippen molar-refractivity contribution < 1.29 is 19.1 Å². The summed E-state index contributed by atoms with van der Waals surface area (Å²) < 4.78 is 13.5. The largest absolute Gasteiger partial charge is 0.374 e. The van der Waals surface area contributed by atoms with E-state index in [4.69, 9.17) is 21.1 Å². The lowest BCUT2D eigenvalue weighted by Gasteiger charge is -2.23. The predicted molar refractivity (Wildman–Crippen MR) is 125 cm³/mol. The van der Waals surface area contributed by atoms with E-state index < -0.39 is 11.5 Å². The molecule has 0 fully saturated rings. The Kier molecular flexibility index (Phi) is 8.12. The molecule has 9 nitrogen and oxygen atoms in total. The molecule has 2 aromatic heterocycles. The highest BCUT2D eigenvalue weighted by molar-refractivity contribution is 6.33. The van der Waals surface area contributed by atoms with Gasteiger partial charge in [-0.2, -0.15) is 9.97 Å². The molecule has 1 amide bonds. The average molecular weight is 474 g/mol. The number of aromatic nitrogens is 4. The summed E-state index contributed by atoms with van der Waals surface area (Å²) in [6, 6.07) is 9.79. The number of ketones is 1. The Labute approximate surface area is 197 Å². The first kappa shape index (κ1) is 24.8. The summed E-state index contributed by atoms with van der Waals surface area (Å²) >= 11 is 6.31. The van der Waals surface area contributed by atoms with E-state index >= 15 is 0 Å². The topological polar surface area (TPSA) is 108 Å². The second kappa shape index (κ2) is 10.8. The minimum atomic E-state index is -0.486. The van der Waals surface area contributed by atoms with E-state index in [0.29, 0.717) is 17.8 Å². The third kappa shape index (κ3) is 7.05. The van der Waals surface area contributed by atoms with Gasteiger partial charge in [0.25, 0.3) is 0 Å². The van der Waals surface area contributed by atoms with Gasteiger partial charge in [-0.05, 0) is 5.56 Å². The van der Waals surface area contributed by atoms with Crippen molar-refractivity contribution in [1.82, 2.24) is 19.5 Å². The molecule has 176 valence electrons. The summed E-state index contributed by atoms with van der Waals surface area (Å²) in [4.78, 5) is 36.4. The second-order valence-corrected chi connectivity index (χ2v) is 9.06. The van der Waals surface area contributed by atoms with Crippen molar-refractivity contribution >= 4 is 40.4 Å². The first-order valence-corrected chi connectivity index (χ1v) is 10.9. The van der Waals surface area contributed by atoms with Crippen LogP contribution in [0.15, 0.2) is 36.7 Å². The van der Waals surface area contributed by atoms with E-state index in [1.807, 2.05) is 51.1 Å². The van der Waals surface area contributed by atoms with Crippen molar-refractivity contribution in [2.75, 3.05) is 11.9 Å². The Bertz CT molecular complexity index is 1110. The molecule has 1 N–H and O–H groups in total.